The van der Waals surface area contributed by atoms with E-state index in [4.69, 9.17) is 25.5 Å². The SMILES string of the molecule is C#COOCC(COC(C)=O)(COC(C)=O)COC(C)=O. The van der Waals surface area contributed by atoms with E-state index in [9.17, 15) is 14.4 Å². The average molecular weight is 302 g/mol. The first kappa shape index (κ1) is 18.7. The second-order valence-corrected chi connectivity index (χ2v) is 4.30. The summed E-state index contributed by atoms with van der Waals surface area (Å²) in [6.07, 6.45) is 6.66. The van der Waals surface area contributed by atoms with Crippen molar-refractivity contribution in [2.24, 2.45) is 5.41 Å². The molecular formula is C13H18O8. The molecule has 0 heterocycles. The minimum atomic E-state index is -1.13. The molecule has 0 saturated carbocycles. The van der Waals surface area contributed by atoms with E-state index in [-0.39, 0.29) is 26.4 Å². The molecule has 21 heavy (non-hydrogen) atoms. The number of hydrogen-bond acceptors (Lipinski definition) is 8. The van der Waals surface area contributed by atoms with Gasteiger partial charge in [0.25, 0.3) is 0 Å². The average Bonchev–Trinajstić information content (AvgIpc) is 2.40. The maximum Gasteiger partial charge on any atom is 0.302 e. The predicted octanol–water partition coefficient (Wildman–Crippen LogP) is 0.201. The Balaban J connectivity index is 4.94. The van der Waals surface area contributed by atoms with Gasteiger partial charge in [-0.25, -0.2) is 0 Å². The van der Waals surface area contributed by atoms with Gasteiger partial charge < -0.3 is 14.2 Å². The summed E-state index contributed by atoms with van der Waals surface area (Å²) in [5.74, 6) is -1.66. The Hall–Kier alpha value is -2.27. The van der Waals surface area contributed by atoms with E-state index in [0.29, 0.717) is 0 Å². The number of ether oxygens (including phenoxy) is 3. The number of terminal acetylenes is 1. The summed E-state index contributed by atoms with van der Waals surface area (Å²) in [5.41, 5.74) is -1.13. The van der Waals surface area contributed by atoms with E-state index >= 15 is 0 Å². The van der Waals surface area contributed by atoms with Crippen LogP contribution in [0.5, 0.6) is 0 Å². The molecule has 0 radical (unpaired) electrons. The Kier molecular flexibility index (Phi) is 8.57. The molecule has 0 aromatic carbocycles. The molecule has 0 N–H and O–H groups in total. The molecule has 0 saturated heterocycles. The Morgan fingerprint density at radius 2 is 1.24 bits per heavy atom. The van der Waals surface area contributed by atoms with E-state index in [1.165, 1.54) is 20.8 Å². The van der Waals surface area contributed by atoms with E-state index in [1.807, 2.05) is 0 Å². The van der Waals surface area contributed by atoms with Gasteiger partial charge in [0, 0.05) is 20.8 Å². The summed E-state index contributed by atoms with van der Waals surface area (Å²) in [4.78, 5) is 41.9. The highest BCUT2D eigenvalue weighted by molar-refractivity contribution is 5.67. The highest BCUT2D eigenvalue weighted by Crippen LogP contribution is 2.21. The summed E-state index contributed by atoms with van der Waals surface area (Å²) in [5, 5.41) is 0. The highest BCUT2D eigenvalue weighted by atomic mass is 17.2. The zero-order valence-electron chi connectivity index (χ0n) is 12.2. The molecule has 118 valence electrons. The predicted molar refractivity (Wildman–Crippen MR) is 68.2 cm³/mol. The van der Waals surface area contributed by atoms with Gasteiger partial charge in [0.15, 0.2) is 6.11 Å². The molecule has 8 heteroatoms. The fourth-order valence-electron chi connectivity index (χ4n) is 1.20. The van der Waals surface area contributed by atoms with Gasteiger partial charge in [-0.15, -0.1) is 0 Å². The van der Waals surface area contributed by atoms with Crippen LogP contribution in [0.4, 0.5) is 0 Å². The fraction of sp³-hybridized carbons (Fsp3) is 0.615. The summed E-state index contributed by atoms with van der Waals surface area (Å²) >= 11 is 0. The van der Waals surface area contributed by atoms with E-state index in [2.05, 4.69) is 4.89 Å². The third-order valence-corrected chi connectivity index (χ3v) is 2.22. The Labute approximate surface area is 122 Å². The number of hydrogen-bond donors (Lipinski definition) is 0. The van der Waals surface area contributed by atoms with Crippen LogP contribution in [0.15, 0.2) is 0 Å². The van der Waals surface area contributed by atoms with Crippen LogP contribution in [0.1, 0.15) is 20.8 Å². The maximum absolute atomic E-state index is 11.0. The number of carbonyl (C=O) groups excluding carboxylic acids is 3. The molecule has 8 nitrogen and oxygen atoms in total. The van der Waals surface area contributed by atoms with Gasteiger partial charge in [-0.05, 0) is 0 Å². The van der Waals surface area contributed by atoms with Gasteiger partial charge in [0.2, 0.25) is 0 Å². The lowest BCUT2D eigenvalue weighted by Gasteiger charge is -2.30. The summed E-state index contributed by atoms with van der Waals surface area (Å²) in [6.45, 7) is 2.78. The van der Waals surface area contributed by atoms with Crippen molar-refractivity contribution in [2.75, 3.05) is 26.4 Å². The molecule has 0 aliphatic heterocycles. The zero-order valence-corrected chi connectivity index (χ0v) is 12.2. The Bertz CT molecular complexity index is 363. The molecule has 0 atom stereocenters. The molecule has 0 bridgehead atoms. The van der Waals surface area contributed by atoms with Crippen molar-refractivity contribution in [1.29, 1.82) is 0 Å². The van der Waals surface area contributed by atoms with Crippen LogP contribution in [0.2, 0.25) is 0 Å². The lowest BCUT2D eigenvalue weighted by atomic mass is 9.92. The summed E-state index contributed by atoms with van der Waals surface area (Å²) < 4.78 is 14.7. The van der Waals surface area contributed by atoms with E-state index < -0.39 is 23.3 Å². The molecule has 0 unspecified atom stereocenters. The van der Waals surface area contributed by atoms with Crippen LogP contribution in [0.3, 0.4) is 0 Å². The van der Waals surface area contributed by atoms with E-state index in [0.717, 1.165) is 0 Å². The van der Waals surface area contributed by atoms with Gasteiger partial charge in [0.1, 0.15) is 31.8 Å². The van der Waals surface area contributed by atoms with Crippen molar-refractivity contribution in [3.05, 3.63) is 0 Å². The van der Waals surface area contributed by atoms with Crippen LogP contribution in [-0.2, 0) is 38.4 Å². The number of rotatable bonds is 9. The minimum Gasteiger partial charge on any atom is -0.465 e. The van der Waals surface area contributed by atoms with Crippen LogP contribution in [0.25, 0.3) is 0 Å². The quantitative estimate of drug-likeness (QED) is 0.149. The van der Waals surface area contributed by atoms with Gasteiger partial charge >= 0.3 is 17.9 Å². The van der Waals surface area contributed by atoms with Crippen molar-refractivity contribution in [2.45, 2.75) is 20.8 Å². The Morgan fingerprint density at radius 3 is 1.52 bits per heavy atom. The normalized spacial score (nSPS) is 10.2. The lowest BCUT2D eigenvalue weighted by Crippen LogP contribution is -2.43. The summed E-state index contributed by atoms with van der Waals surface area (Å²) in [6, 6.07) is 0. The van der Waals surface area contributed by atoms with Crippen molar-refractivity contribution in [3.8, 4) is 12.5 Å². The highest BCUT2D eigenvalue weighted by Gasteiger charge is 2.36. The standard InChI is InChI=1S/C13H18O8/c1-5-20-21-9-13(6-17-10(2)14,7-18-11(3)15)8-19-12(4)16/h1H,6-9H2,2-4H3. The van der Waals surface area contributed by atoms with Crippen molar-refractivity contribution in [1.82, 2.24) is 0 Å². The fourth-order valence-corrected chi connectivity index (χ4v) is 1.20. The van der Waals surface area contributed by atoms with Crippen LogP contribution in [0, 0.1) is 17.9 Å². The summed E-state index contributed by atoms with van der Waals surface area (Å²) in [7, 11) is 0. The topological polar surface area (TPSA) is 97.4 Å². The first-order valence-corrected chi connectivity index (χ1v) is 5.95. The lowest BCUT2D eigenvalue weighted by molar-refractivity contribution is -0.268. The number of esters is 3. The molecule has 0 fully saturated rings. The zero-order chi connectivity index (χ0) is 16.3. The molecule has 0 aliphatic rings. The largest absolute Gasteiger partial charge is 0.465 e. The van der Waals surface area contributed by atoms with E-state index in [1.54, 1.807) is 6.11 Å². The van der Waals surface area contributed by atoms with Crippen molar-refractivity contribution >= 4 is 17.9 Å². The van der Waals surface area contributed by atoms with Gasteiger partial charge in [-0.3, -0.25) is 19.3 Å². The second kappa shape index (κ2) is 9.61. The molecule has 0 aromatic rings. The molecule has 0 aromatic heterocycles. The minimum absolute atomic E-state index is 0.211. The van der Waals surface area contributed by atoms with Gasteiger partial charge in [-0.2, -0.15) is 4.89 Å². The monoisotopic (exact) mass is 302 g/mol. The first-order chi connectivity index (χ1) is 9.81. The van der Waals surface area contributed by atoms with Gasteiger partial charge in [0.05, 0.1) is 0 Å². The Morgan fingerprint density at radius 1 is 0.857 bits per heavy atom. The molecule has 0 rings (SSSR count). The van der Waals surface area contributed by atoms with Crippen LogP contribution in [-0.4, -0.2) is 44.3 Å². The molecular weight excluding hydrogens is 284 g/mol. The first-order valence-electron chi connectivity index (χ1n) is 5.95. The molecule has 0 amide bonds. The molecule has 0 spiro atoms. The third kappa shape index (κ3) is 9.29. The van der Waals surface area contributed by atoms with Crippen molar-refractivity contribution < 1.29 is 38.4 Å². The van der Waals surface area contributed by atoms with Crippen LogP contribution >= 0.6 is 0 Å². The van der Waals surface area contributed by atoms with Gasteiger partial charge in [-0.1, -0.05) is 6.42 Å². The number of carbonyl (C=O) groups is 3. The smallest absolute Gasteiger partial charge is 0.302 e. The molecule has 0 aliphatic carbocycles. The van der Waals surface area contributed by atoms with Crippen molar-refractivity contribution in [3.63, 3.8) is 0 Å². The second-order valence-electron chi connectivity index (χ2n) is 4.30. The van der Waals surface area contributed by atoms with Crippen LogP contribution < -0.4 is 0 Å². The third-order valence-electron chi connectivity index (χ3n) is 2.22. The maximum atomic E-state index is 11.0.